The number of anilines is 1. The van der Waals surface area contributed by atoms with Gasteiger partial charge in [-0.15, -0.1) is 0 Å². The second-order valence-corrected chi connectivity index (χ2v) is 5.29. The van der Waals surface area contributed by atoms with E-state index in [1.165, 1.54) is 0 Å². The lowest BCUT2D eigenvalue weighted by atomic mass is 10.1. The van der Waals surface area contributed by atoms with Crippen LogP contribution >= 0.6 is 15.9 Å². The van der Waals surface area contributed by atoms with E-state index in [-0.39, 0.29) is 5.91 Å². The van der Waals surface area contributed by atoms with Crippen LogP contribution in [-0.4, -0.2) is 12.5 Å². The molecule has 1 amide bonds. The molecule has 0 fully saturated rings. The van der Waals surface area contributed by atoms with Crippen LogP contribution in [0.3, 0.4) is 0 Å². The van der Waals surface area contributed by atoms with E-state index in [9.17, 15) is 4.79 Å². The zero-order valence-electron chi connectivity index (χ0n) is 9.95. The van der Waals surface area contributed by atoms with Crippen molar-refractivity contribution in [3.63, 3.8) is 0 Å². The Morgan fingerprint density at radius 2 is 2.18 bits per heavy atom. The molecule has 1 aliphatic heterocycles. The summed E-state index contributed by atoms with van der Waals surface area (Å²) in [6.45, 7) is 2.93. The highest BCUT2D eigenvalue weighted by molar-refractivity contribution is 9.10. The van der Waals surface area contributed by atoms with E-state index in [2.05, 4.69) is 22.9 Å². The van der Waals surface area contributed by atoms with Gasteiger partial charge in [-0.3, -0.25) is 4.79 Å². The maximum absolute atomic E-state index is 12.1. The third-order valence-corrected chi connectivity index (χ3v) is 3.63. The van der Waals surface area contributed by atoms with E-state index in [4.69, 9.17) is 5.73 Å². The standard InChI is InChI=1S/C13H17BrN2O/c1-2-3-4-7-16-11-6-5-9(14)8-10(11)12(15)13(16)17/h5-6,8,12H,2-4,7,15H2,1H3. The largest absolute Gasteiger partial charge is 0.316 e. The van der Waals surface area contributed by atoms with Crippen molar-refractivity contribution >= 4 is 27.5 Å². The van der Waals surface area contributed by atoms with Gasteiger partial charge in [-0.05, 0) is 24.6 Å². The second kappa shape index (κ2) is 5.19. The zero-order valence-corrected chi connectivity index (χ0v) is 11.5. The molecule has 0 radical (unpaired) electrons. The lowest BCUT2D eigenvalue weighted by Crippen LogP contribution is -2.32. The summed E-state index contributed by atoms with van der Waals surface area (Å²) in [7, 11) is 0. The van der Waals surface area contributed by atoms with E-state index in [1.807, 2.05) is 23.1 Å². The monoisotopic (exact) mass is 296 g/mol. The summed E-state index contributed by atoms with van der Waals surface area (Å²) in [6.07, 6.45) is 3.33. The Balaban J connectivity index is 2.22. The number of hydrogen-bond acceptors (Lipinski definition) is 2. The minimum atomic E-state index is -0.496. The molecule has 0 saturated heterocycles. The van der Waals surface area contributed by atoms with Gasteiger partial charge in [-0.25, -0.2) is 0 Å². The number of nitrogens with zero attached hydrogens (tertiary/aromatic N) is 1. The third-order valence-electron chi connectivity index (χ3n) is 3.13. The average Bonchev–Trinajstić information content (AvgIpc) is 2.54. The van der Waals surface area contributed by atoms with Crippen molar-refractivity contribution < 1.29 is 4.79 Å². The summed E-state index contributed by atoms with van der Waals surface area (Å²) in [5.74, 6) is 0.0224. The molecule has 2 N–H and O–H groups in total. The molecular formula is C13H17BrN2O. The molecular weight excluding hydrogens is 280 g/mol. The van der Waals surface area contributed by atoms with Crippen LogP contribution in [0.4, 0.5) is 5.69 Å². The molecule has 0 aromatic heterocycles. The highest BCUT2D eigenvalue weighted by atomic mass is 79.9. The van der Waals surface area contributed by atoms with Crippen LogP contribution in [0, 0.1) is 0 Å². The summed E-state index contributed by atoms with van der Waals surface area (Å²) in [4.78, 5) is 13.9. The van der Waals surface area contributed by atoms with Crippen LogP contribution in [0.1, 0.15) is 37.8 Å². The number of carbonyl (C=O) groups is 1. The molecule has 0 aliphatic carbocycles. The number of fused-ring (bicyclic) bond motifs is 1. The summed E-state index contributed by atoms with van der Waals surface area (Å²) in [6, 6.07) is 5.37. The van der Waals surface area contributed by atoms with Crippen LogP contribution in [-0.2, 0) is 4.79 Å². The summed E-state index contributed by atoms with van der Waals surface area (Å²) < 4.78 is 0.968. The molecule has 0 bridgehead atoms. The molecule has 4 heteroatoms. The van der Waals surface area contributed by atoms with Gasteiger partial charge in [0.05, 0.1) is 0 Å². The zero-order chi connectivity index (χ0) is 12.4. The summed E-state index contributed by atoms with van der Waals surface area (Å²) in [5, 5.41) is 0. The maximum atomic E-state index is 12.1. The Kier molecular flexibility index (Phi) is 3.84. The molecule has 1 aromatic carbocycles. The number of unbranched alkanes of at least 4 members (excludes halogenated alkanes) is 2. The summed E-state index contributed by atoms with van der Waals surface area (Å²) >= 11 is 3.41. The topological polar surface area (TPSA) is 46.3 Å². The van der Waals surface area contributed by atoms with Gasteiger partial charge in [0, 0.05) is 22.3 Å². The van der Waals surface area contributed by atoms with Gasteiger partial charge in [0.1, 0.15) is 6.04 Å². The van der Waals surface area contributed by atoms with Gasteiger partial charge in [-0.1, -0.05) is 35.7 Å². The maximum Gasteiger partial charge on any atom is 0.248 e. The van der Waals surface area contributed by atoms with Gasteiger partial charge < -0.3 is 10.6 Å². The number of benzene rings is 1. The van der Waals surface area contributed by atoms with Crippen LogP contribution in [0.2, 0.25) is 0 Å². The van der Waals surface area contributed by atoms with Gasteiger partial charge >= 0.3 is 0 Å². The lowest BCUT2D eigenvalue weighted by Gasteiger charge is -2.17. The molecule has 0 saturated carbocycles. The fourth-order valence-corrected chi connectivity index (χ4v) is 2.57. The fraction of sp³-hybridized carbons (Fsp3) is 0.462. The Morgan fingerprint density at radius 3 is 2.88 bits per heavy atom. The highest BCUT2D eigenvalue weighted by Crippen LogP contribution is 2.36. The van der Waals surface area contributed by atoms with Gasteiger partial charge in [0.25, 0.3) is 0 Å². The van der Waals surface area contributed by atoms with Crippen molar-refractivity contribution in [2.75, 3.05) is 11.4 Å². The third kappa shape index (κ3) is 2.38. The predicted molar refractivity (Wildman–Crippen MR) is 72.9 cm³/mol. The average molecular weight is 297 g/mol. The molecule has 1 atom stereocenters. The predicted octanol–water partition coefficient (Wildman–Crippen LogP) is 2.99. The van der Waals surface area contributed by atoms with Crippen molar-refractivity contribution in [1.29, 1.82) is 0 Å². The molecule has 1 unspecified atom stereocenters. The highest BCUT2D eigenvalue weighted by Gasteiger charge is 2.34. The van der Waals surface area contributed by atoms with Gasteiger partial charge in [0.15, 0.2) is 0 Å². The van der Waals surface area contributed by atoms with E-state index >= 15 is 0 Å². The Bertz CT molecular complexity index is 433. The molecule has 1 aromatic rings. The molecule has 0 spiro atoms. The number of amides is 1. The van der Waals surface area contributed by atoms with E-state index in [1.54, 1.807) is 0 Å². The van der Waals surface area contributed by atoms with Crippen LogP contribution in [0.15, 0.2) is 22.7 Å². The molecule has 17 heavy (non-hydrogen) atoms. The lowest BCUT2D eigenvalue weighted by molar-refractivity contribution is -0.119. The van der Waals surface area contributed by atoms with E-state index in [0.717, 1.165) is 41.5 Å². The number of rotatable bonds is 4. The minimum absolute atomic E-state index is 0.0224. The van der Waals surface area contributed by atoms with Crippen molar-refractivity contribution in [1.82, 2.24) is 0 Å². The van der Waals surface area contributed by atoms with Crippen LogP contribution < -0.4 is 10.6 Å². The number of carbonyl (C=O) groups excluding carboxylic acids is 1. The van der Waals surface area contributed by atoms with Gasteiger partial charge in [-0.2, -0.15) is 0 Å². The smallest absolute Gasteiger partial charge is 0.248 e. The Hall–Kier alpha value is -0.870. The number of nitrogens with two attached hydrogens (primary N) is 1. The molecule has 2 rings (SSSR count). The minimum Gasteiger partial charge on any atom is -0.316 e. The Morgan fingerprint density at radius 1 is 1.41 bits per heavy atom. The molecule has 1 aliphatic rings. The van der Waals surface area contributed by atoms with Crippen LogP contribution in [0.25, 0.3) is 0 Å². The normalized spacial score (nSPS) is 18.6. The van der Waals surface area contributed by atoms with E-state index < -0.39 is 6.04 Å². The van der Waals surface area contributed by atoms with Crippen molar-refractivity contribution in [2.45, 2.75) is 32.2 Å². The molecule has 3 nitrogen and oxygen atoms in total. The first-order valence-corrected chi connectivity index (χ1v) is 6.81. The van der Waals surface area contributed by atoms with Crippen molar-refractivity contribution in [3.05, 3.63) is 28.2 Å². The SMILES string of the molecule is CCCCCN1C(=O)C(N)c2cc(Br)ccc21. The van der Waals surface area contributed by atoms with Crippen molar-refractivity contribution in [2.24, 2.45) is 5.73 Å². The Labute approximate surface area is 110 Å². The molecule has 1 heterocycles. The second-order valence-electron chi connectivity index (χ2n) is 4.38. The quantitative estimate of drug-likeness (QED) is 0.868. The first-order valence-electron chi connectivity index (χ1n) is 6.01. The first-order chi connectivity index (χ1) is 8.15. The van der Waals surface area contributed by atoms with Gasteiger partial charge in [0.2, 0.25) is 5.91 Å². The fourth-order valence-electron chi connectivity index (χ4n) is 2.19. The first kappa shape index (κ1) is 12.6. The van der Waals surface area contributed by atoms with E-state index in [0.29, 0.717) is 0 Å². The van der Waals surface area contributed by atoms with Crippen LogP contribution in [0.5, 0.6) is 0 Å². The van der Waals surface area contributed by atoms with Crippen molar-refractivity contribution in [3.8, 4) is 0 Å². The number of halogens is 1. The number of hydrogen-bond donors (Lipinski definition) is 1. The molecule has 92 valence electrons. The summed E-state index contributed by atoms with van der Waals surface area (Å²) in [5.41, 5.74) is 7.85.